The first kappa shape index (κ1) is 20.3. The lowest BCUT2D eigenvalue weighted by molar-refractivity contribution is -0.110. The van der Waals surface area contributed by atoms with Gasteiger partial charge in [-0.2, -0.15) is 10.2 Å². The van der Waals surface area contributed by atoms with Gasteiger partial charge in [0.1, 0.15) is 5.82 Å². The molecule has 0 saturated heterocycles. The van der Waals surface area contributed by atoms with Crippen molar-refractivity contribution in [3.8, 4) is 0 Å². The molecule has 0 aliphatic carbocycles. The molecule has 1 aliphatic rings. The van der Waals surface area contributed by atoms with E-state index in [0.717, 1.165) is 33.9 Å². The maximum Gasteiger partial charge on any atom is 0.258 e. The minimum Gasteiger partial charge on any atom is -0.346 e. The van der Waals surface area contributed by atoms with Crippen LogP contribution in [0.4, 0.5) is 17.2 Å². The van der Waals surface area contributed by atoms with Crippen LogP contribution in [0, 0.1) is 6.92 Å². The van der Waals surface area contributed by atoms with Crippen molar-refractivity contribution in [1.29, 1.82) is 0 Å². The summed E-state index contributed by atoms with van der Waals surface area (Å²) in [5, 5.41) is 22.2. The molecule has 2 aromatic carbocycles. The Morgan fingerprint density at radius 2 is 1.91 bits per heavy atom. The van der Waals surface area contributed by atoms with Gasteiger partial charge in [-0.05, 0) is 48.7 Å². The van der Waals surface area contributed by atoms with E-state index in [1.54, 1.807) is 12.4 Å². The van der Waals surface area contributed by atoms with E-state index in [1.807, 2.05) is 55.5 Å². The summed E-state index contributed by atoms with van der Waals surface area (Å²) in [5.74, 6) is 0.353. The SMILES string of the molecule is Cc1cc(N/C=C2\C(=O)Nc3ccc(Cc4ccc(NC(=O)c5cn[nH]c5)cc4)cc32)[nH]n1. The molecule has 5 rings (SSSR count). The molecule has 0 unspecified atom stereocenters. The number of carbonyl (C=O) groups is 2. The van der Waals surface area contributed by atoms with Gasteiger partial charge in [0.2, 0.25) is 0 Å². The molecular formula is C24H21N7O2. The van der Waals surface area contributed by atoms with Crippen molar-refractivity contribution in [2.45, 2.75) is 13.3 Å². The van der Waals surface area contributed by atoms with Crippen molar-refractivity contribution in [3.05, 3.63) is 95.1 Å². The van der Waals surface area contributed by atoms with E-state index >= 15 is 0 Å². The minimum atomic E-state index is -0.217. The molecule has 0 fully saturated rings. The molecule has 3 heterocycles. The molecule has 0 spiro atoms. The predicted molar refractivity (Wildman–Crippen MR) is 126 cm³/mol. The second-order valence-corrected chi connectivity index (χ2v) is 7.77. The largest absolute Gasteiger partial charge is 0.346 e. The van der Waals surface area contributed by atoms with E-state index < -0.39 is 0 Å². The zero-order valence-corrected chi connectivity index (χ0v) is 17.8. The molecule has 0 atom stereocenters. The number of aryl methyl sites for hydroxylation is 1. The van der Waals surface area contributed by atoms with Crippen LogP contribution in [0.1, 0.15) is 32.7 Å². The smallest absolute Gasteiger partial charge is 0.258 e. The summed E-state index contributed by atoms with van der Waals surface area (Å²) in [6, 6.07) is 15.5. The fraction of sp³-hybridized carbons (Fsp3) is 0.0833. The van der Waals surface area contributed by atoms with Crippen molar-refractivity contribution < 1.29 is 9.59 Å². The summed E-state index contributed by atoms with van der Waals surface area (Å²) >= 11 is 0. The van der Waals surface area contributed by atoms with Gasteiger partial charge in [-0.1, -0.05) is 18.2 Å². The van der Waals surface area contributed by atoms with E-state index in [4.69, 9.17) is 0 Å². The Kier molecular flexibility index (Phi) is 5.19. The van der Waals surface area contributed by atoms with Gasteiger partial charge in [-0.15, -0.1) is 0 Å². The highest BCUT2D eigenvalue weighted by atomic mass is 16.2. The summed E-state index contributed by atoms with van der Waals surface area (Å²) in [6.07, 6.45) is 5.41. The van der Waals surface area contributed by atoms with Gasteiger partial charge in [-0.25, -0.2) is 0 Å². The Balaban J connectivity index is 1.29. The van der Waals surface area contributed by atoms with Crippen LogP contribution in [0.25, 0.3) is 5.57 Å². The van der Waals surface area contributed by atoms with E-state index in [-0.39, 0.29) is 11.8 Å². The van der Waals surface area contributed by atoms with Crippen LogP contribution in [-0.2, 0) is 11.2 Å². The number of benzene rings is 2. The number of aromatic amines is 2. The molecule has 1 aliphatic heterocycles. The van der Waals surface area contributed by atoms with Crippen molar-refractivity contribution >= 4 is 34.6 Å². The first-order chi connectivity index (χ1) is 16.0. The summed E-state index contributed by atoms with van der Waals surface area (Å²) in [7, 11) is 0. The van der Waals surface area contributed by atoms with E-state index in [0.29, 0.717) is 23.2 Å². The zero-order valence-electron chi connectivity index (χ0n) is 17.8. The molecule has 33 heavy (non-hydrogen) atoms. The number of rotatable bonds is 6. The molecule has 4 aromatic rings. The number of amides is 2. The first-order valence-electron chi connectivity index (χ1n) is 10.4. The molecule has 0 radical (unpaired) electrons. The molecule has 2 amide bonds. The molecule has 164 valence electrons. The molecule has 5 N–H and O–H groups in total. The highest BCUT2D eigenvalue weighted by molar-refractivity contribution is 6.31. The quantitative estimate of drug-likeness (QED) is 0.293. The van der Waals surface area contributed by atoms with Crippen molar-refractivity contribution in [1.82, 2.24) is 20.4 Å². The number of carbonyl (C=O) groups excluding carboxylic acids is 2. The summed E-state index contributed by atoms with van der Waals surface area (Å²) in [6.45, 7) is 1.89. The normalized spacial score (nSPS) is 13.6. The van der Waals surface area contributed by atoms with Gasteiger partial charge in [0, 0.05) is 35.4 Å². The summed E-state index contributed by atoms with van der Waals surface area (Å²) < 4.78 is 0. The van der Waals surface area contributed by atoms with Crippen LogP contribution in [0.15, 0.2) is 67.1 Å². The number of hydrogen-bond donors (Lipinski definition) is 5. The van der Waals surface area contributed by atoms with Gasteiger partial charge < -0.3 is 16.0 Å². The fourth-order valence-corrected chi connectivity index (χ4v) is 3.65. The van der Waals surface area contributed by atoms with Crippen LogP contribution in [0.3, 0.4) is 0 Å². The second kappa shape index (κ2) is 8.46. The number of hydrogen-bond acceptors (Lipinski definition) is 5. The summed E-state index contributed by atoms with van der Waals surface area (Å²) in [4.78, 5) is 24.6. The highest BCUT2D eigenvalue weighted by Crippen LogP contribution is 2.33. The average Bonchev–Trinajstić information content (AvgIpc) is 3.54. The number of H-pyrrole nitrogens is 2. The Hall–Kier alpha value is -4.66. The Morgan fingerprint density at radius 3 is 2.64 bits per heavy atom. The molecule has 9 heteroatoms. The monoisotopic (exact) mass is 439 g/mol. The van der Waals surface area contributed by atoms with Gasteiger partial charge in [-0.3, -0.25) is 19.8 Å². The number of aromatic nitrogens is 4. The van der Waals surface area contributed by atoms with Crippen LogP contribution in [0.2, 0.25) is 0 Å². The number of anilines is 3. The third-order valence-electron chi connectivity index (χ3n) is 5.33. The van der Waals surface area contributed by atoms with Gasteiger partial charge >= 0.3 is 0 Å². The number of nitrogens with zero attached hydrogens (tertiary/aromatic N) is 2. The van der Waals surface area contributed by atoms with Gasteiger partial charge in [0.05, 0.1) is 23.0 Å². The molecule has 0 saturated carbocycles. The van der Waals surface area contributed by atoms with Crippen molar-refractivity contribution in [2.24, 2.45) is 0 Å². The van der Waals surface area contributed by atoms with Gasteiger partial charge in [0.15, 0.2) is 0 Å². The topological polar surface area (TPSA) is 128 Å². The molecule has 9 nitrogen and oxygen atoms in total. The third-order valence-corrected chi connectivity index (χ3v) is 5.33. The Morgan fingerprint density at radius 1 is 1.09 bits per heavy atom. The van der Waals surface area contributed by atoms with Crippen LogP contribution in [-0.4, -0.2) is 32.2 Å². The highest BCUT2D eigenvalue weighted by Gasteiger charge is 2.24. The number of fused-ring (bicyclic) bond motifs is 1. The summed E-state index contributed by atoms with van der Waals surface area (Å²) in [5.41, 5.74) is 6.41. The Bertz CT molecular complexity index is 1350. The van der Waals surface area contributed by atoms with Crippen LogP contribution >= 0.6 is 0 Å². The fourth-order valence-electron chi connectivity index (χ4n) is 3.65. The lowest BCUT2D eigenvalue weighted by atomic mass is 9.99. The van der Waals surface area contributed by atoms with E-state index in [2.05, 4.69) is 36.3 Å². The lowest BCUT2D eigenvalue weighted by Gasteiger charge is -2.08. The van der Waals surface area contributed by atoms with Crippen molar-refractivity contribution in [3.63, 3.8) is 0 Å². The van der Waals surface area contributed by atoms with Crippen LogP contribution in [0.5, 0.6) is 0 Å². The van der Waals surface area contributed by atoms with Crippen LogP contribution < -0.4 is 16.0 Å². The van der Waals surface area contributed by atoms with E-state index in [1.165, 1.54) is 6.20 Å². The molecular weight excluding hydrogens is 418 g/mol. The zero-order chi connectivity index (χ0) is 22.8. The van der Waals surface area contributed by atoms with Crippen molar-refractivity contribution in [2.75, 3.05) is 16.0 Å². The maximum absolute atomic E-state index is 12.5. The maximum atomic E-state index is 12.5. The van der Waals surface area contributed by atoms with E-state index in [9.17, 15) is 9.59 Å². The number of nitrogens with one attached hydrogen (secondary N) is 5. The Labute approximate surface area is 189 Å². The molecule has 2 aromatic heterocycles. The minimum absolute atomic E-state index is 0.149. The third kappa shape index (κ3) is 4.38. The second-order valence-electron chi connectivity index (χ2n) is 7.77. The standard InChI is InChI=1S/C24H21N7O2/c1-14-8-22(31-30-14)25-13-20-19-10-16(4-7-21(19)29-24(20)33)9-15-2-5-18(6-3-15)28-23(32)17-11-26-27-12-17/h2-8,10-13H,9H2,1H3,(H,26,27)(H,28,32)(H,29,33)(H2,25,30,31)/b20-13-. The molecule has 0 bridgehead atoms. The van der Waals surface area contributed by atoms with Gasteiger partial charge in [0.25, 0.3) is 11.8 Å². The average molecular weight is 439 g/mol. The lowest BCUT2D eigenvalue weighted by Crippen LogP contribution is -2.10. The predicted octanol–water partition coefficient (Wildman–Crippen LogP) is 3.69. The first-order valence-corrected chi connectivity index (χ1v) is 10.4.